The molecule has 0 saturated heterocycles. The monoisotopic (exact) mass is 360 g/mol. The topological polar surface area (TPSA) is 41.1 Å². The molecule has 0 radical (unpaired) electrons. The zero-order chi connectivity index (χ0) is 19.1. The van der Waals surface area contributed by atoms with Crippen molar-refractivity contribution in [1.82, 2.24) is 10.6 Å². The quantitative estimate of drug-likeness (QED) is 0.369. The predicted molar refractivity (Wildman–Crippen MR) is 111 cm³/mol. The van der Waals surface area contributed by atoms with E-state index in [4.69, 9.17) is 0 Å². The number of fused-ring (bicyclic) bond motifs is 2. The summed E-state index contributed by atoms with van der Waals surface area (Å²) in [5, 5.41) is 6.80. The normalized spacial score (nSPS) is 31.4. The molecule has 26 heavy (non-hydrogen) atoms. The molecule has 0 aromatic rings. The first-order chi connectivity index (χ1) is 12.3. The van der Waals surface area contributed by atoms with E-state index in [0.717, 1.165) is 48.6 Å². The number of nitrogens with one attached hydrogen (secondary N) is 2. The van der Waals surface area contributed by atoms with Gasteiger partial charge >= 0.3 is 0 Å². The second-order valence-corrected chi connectivity index (χ2v) is 9.23. The Balaban J connectivity index is 1.67. The Bertz CT molecular complexity index is 514. The van der Waals surface area contributed by atoms with Crippen molar-refractivity contribution in [1.29, 1.82) is 0 Å². The smallest absolute Gasteiger partial charge is 0.243 e. The number of hydrogen-bond acceptors (Lipinski definition) is 2. The molecule has 2 N–H and O–H groups in total. The molecule has 3 nitrogen and oxygen atoms in total. The number of carbonyl (C=O) groups is 1. The number of allylic oxidation sites excluding steroid dienone is 3. The maximum atomic E-state index is 12.1. The molecule has 5 unspecified atom stereocenters. The van der Waals surface area contributed by atoms with Crippen molar-refractivity contribution in [2.45, 2.75) is 79.2 Å². The van der Waals surface area contributed by atoms with Crippen molar-refractivity contribution in [2.24, 2.45) is 23.7 Å². The Hall–Kier alpha value is -1.09. The summed E-state index contributed by atoms with van der Waals surface area (Å²) in [6.07, 6.45) is 11.5. The highest BCUT2D eigenvalue weighted by Crippen LogP contribution is 2.44. The Morgan fingerprint density at radius 3 is 2.54 bits per heavy atom. The standard InChI is InChI=1S/C23H40N2O/c1-16(2)7-6-8-17(3)13-22(26)24-9-10-25-23-19(5)14-20-11-18(4)12-21(23)15-20/h7,13,18-21,23,25H,6,8-12,14-15H2,1-5H3,(H,24,26)/b17-13+. The summed E-state index contributed by atoms with van der Waals surface area (Å²) in [6, 6.07) is 0.632. The van der Waals surface area contributed by atoms with E-state index in [-0.39, 0.29) is 5.91 Å². The van der Waals surface area contributed by atoms with Gasteiger partial charge in [0.05, 0.1) is 0 Å². The van der Waals surface area contributed by atoms with Crippen LogP contribution in [-0.4, -0.2) is 25.0 Å². The first-order valence-corrected chi connectivity index (χ1v) is 10.7. The van der Waals surface area contributed by atoms with Gasteiger partial charge in [-0.05, 0) is 83.0 Å². The van der Waals surface area contributed by atoms with Crippen molar-refractivity contribution in [3.63, 3.8) is 0 Å². The highest BCUT2D eigenvalue weighted by atomic mass is 16.1. The molecule has 2 aliphatic carbocycles. The lowest BCUT2D eigenvalue weighted by Crippen LogP contribution is -2.50. The van der Waals surface area contributed by atoms with Crippen molar-refractivity contribution in [2.75, 3.05) is 13.1 Å². The first-order valence-electron chi connectivity index (χ1n) is 10.7. The summed E-state index contributed by atoms with van der Waals surface area (Å²) in [5.41, 5.74) is 2.49. The molecular formula is C23H40N2O. The zero-order valence-electron chi connectivity index (χ0n) is 17.6. The second kappa shape index (κ2) is 10.3. The van der Waals surface area contributed by atoms with Gasteiger partial charge in [0.1, 0.15) is 0 Å². The fourth-order valence-electron chi connectivity index (χ4n) is 5.15. The molecule has 0 aromatic carbocycles. The Labute approximate surface area is 161 Å². The van der Waals surface area contributed by atoms with Gasteiger partial charge < -0.3 is 10.6 Å². The number of carbonyl (C=O) groups excluding carboxylic acids is 1. The van der Waals surface area contributed by atoms with E-state index in [1.165, 1.54) is 31.3 Å². The van der Waals surface area contributed by atoms with Crippen LogP contribution < -0.4 is 10.6 Å². The third-order valence-electron chi connectivity index (χ3n) is 6.18. The average Bonchev–Trinajstić information content (AvgIpc) is 2.52. The van der Waals surface area contributed by atoms with Crippen LogP contribution in [0.25, 0.3) is 0 Å². The molecule has 2 rings (SSSR count). The number of rotatable bonds is 8. The second-order valence-electron chi connectivity index (χ2n) is 9.23. The van der Waals surface area contributed by atoms with Gasteiger partial charge in [-0.15, -0.1) is 0 Å². The average molecular weight is 361 g/mol. The van der Waals surface area contributed by atoms with Gasteiger partial charge in [0.25, 0.3) is 0 Å². The maximum Gasteiger partial charge on any atom is 0.243 e. The maximum absolute atomic E-state index is 12.1. The summed E-state index contributed by atoms with van der Waals surface area (Å²) >= 11 is 0. The van der Waals surface area contributed by atoms with Gasteiger partial charge in [-0.1, -0.05) is 31.1 Å². The van der Waals surface area contributed by atoms with Crippen molar-refractivity contribution in [3.8, 4) is 0 Å². The van der Waals surface area contributed by atoms with Gasteiger partial charge in [-0.2, -0.15) is 0 Å². The number of amides is 1. The molecular weight excluding hydrogens is 320 g/mol. The van der Waals surface area contributed by atoms with Crippen LogP contribution >= 0.6 is 0 Å². The SMILES string of the molecule is CC(C)=CCC/C(C)=C/C(=O)NCCNC1C(C)CC2CC(C)CC1C2. The third-order valence-corrected chi connectivity index (χ3v) is 6.18. The van der Waals surface area contributed by atoms with Crippen LogP contribution in [0.2, 0.25) is 0 Å². The van der Waals surface area contributed by atoms with Gasteiger partial charge in [0, 0.05) is 25.2 Å². The summed E-state index contributed by atoms with van der Waals surface area (Å²) in [4.78, 5) is 12.1. The van der Waals surface area contributed by atoms with Crippen LogP contribution in [0.1, 0.15) is 73.1 Å². The van der Waals surface area contributed by atoms with Crippen molar-refractivity contribution < 1.29 is 4.79 Å². The zero-order valence-corrected chi connectivity index (χ0v) is 17.6. The van der Waals surface area contributed by atoms with Crippen molar-refractivity contribution in [3.05, 3.63) is 23.3 Å². The first kappa shape index (κ1) is 21.2. The van der Waals surface area contributed by atoms with Crippen LogP contribution in [-0.2, 0) is 4.79 Å². The van der Waals surface area contributed by atoms with Crippen LogP contribution in [0.4, 0.5) is 0 Å². The van der Waals surface area contributed by atoms with Gasteiger partial charge in [-0.25, -0.2) is 0 Å². The summed E-state index contributed by atoms with van der Waals surface area (Å²) in [5.74, 6) is 3.48. The van der Waals surface area contributed by atoms with Crippen LogP contribution in [0, 0.1) is 23.7 Å². The summed E-state index contributed by atoms with van der Waals surface area (Å²) in [7, 11) is 0. The molecule has 0 spiro atoms. The summed E-state index contributed by atoms with van der Waals surface area (Å²) < 4.78 is 0. The largest absolute Gasteiger partial charge is 0.351 e. The Kier molecular flexibility index (Phi) is 8.40. The fraction of sp³-hybridized carbons (Fsp3) is 0.783. The molecule has 148 valence electrons. The van der Waals surface area contributed by atoms with Crippen LogP contribution in [0.3, 0.4) is 0 Å². The highest BCUT2D eigenvalue weighted by Gasteiger charge is 2.39. The molecule has 2 fully saturated rings. The van der Waals surface area contributed by atoms with Crippen molar-refractivity contribution >= 4 is 5.91 Å². The molecule has 3 heteroatoms. The minimum absolute atomic E-state index is 0.0459. The molecule has 2 aliphatic rings. The minimum atomic E-state index is 0.0459. The van der Waals surface area contributed by atoms with E-state index in [1.54, 1.807) is 6.08 Å². The molecule has 2 saturated carbocycles. The highest BCUT2D eigenvalue weighted by molar-refractivity contribution is 5.88. The minimum Gasteiger partial charge on any atom is -0.351 e. The molecule has 0 aromatic heterocycles. The fourth-order valence-corrected chi connectivity index (χ4v) is 5.15. The Morgan fingerprint density at radius 2 is 1.81 bits per heavy atom. The number of hydrogen-bond donors (Lipinski definition) is 2. The van der Waals surface area contributed by atoms with E-state index in [2.05, 4.69) is 44.4 Å². The van der Waals surface area contributed by atoms with Gasteiger partial charge in [0.2, 0.25) is 5.91 Å². The van der Waals surface area contributed by atoms with E-state index in [0.29, 0.717) is 12.6 Å². The molecule has 2 bridgehead atoms. The molecule has 1 amide bonds. The molecule has 0 aliphatic heterocycles. The van der Waals surface area contributed by atoms with Gasteiger partial charge in [-0.3, -0.25) is 4.79 Å². The predicted octanol–water partition coefficient (Wildman–Crippen LogP) is 4.85. The van der Waals surface area contributed by atoms with E-state index in [9.17, 15) is 4.79 Å². The third kappa shape index (κ3) is 6.90. The molecule has 0 heterocycles. The van der Waals surface area contributed by atoms with Crippen LogP contribution in [0.15, 0.2) is 23.3 Å². The van der Waals surface area contributed by atoms with E-state index >= 15 is 0 Å². The van der Waals surface area contributed by atoms with E-state index in [1.807, 2.05) is 6.92 Å². The summed E-state index contributed by atoms with van der Waals surface area (Å²) in [6.45, 7) is 12.7. The lowest BCUT2D eigenvalue weighted by molar-refractivity contribution is -0.116. The molecule has 5 atom stereocenters. The lowest BCUT2D eigenvalue weighted by atomic mass is 9.63. The Morgan fingerprint density at radius 1 is 1.04 bits per heavy atom. The lowest BCUT2D eigenvalue weighted by Gasteiger charge is -2.46. The van der Waals surface area contributed by atoms with Gasteiger partial charge in [0.15, 0.2) is 0 Å². The van der Waals surface area contributed by atoms with Crippen LogP contribution in [0.5, 0.6) is 0 Å². The van der Waals surface area contributed by atoms with E-state index < -0.39 is 0 Å².